The van der Waals surface area contributed by atoms with Crippen molar-refractivity contribution < 1.29 is 70.7 Å². The number of halogens is 1. The summed E-state index contributed by atoms with van der Waals surface area (Å²) in [5.74, 6) is -3.26. The van der Waals surface area contributed by atoms with Gasteiger partial charge in [-0.3, -0.25) is 28.0 Å². The zero-order chi connectivity index (χ0) is 42.3. The number of hydrogen-bond donors (Lipinski definition) is 2. The number of aryl methyl sites for hydroxylation is 1. The van der Waals surface area contributed by atoms with Crippen molar-refractivity contribution in [3.8, 4) is 5.75 Å². The van der Waals surface area contributed by atoms with Crippen LogP contribution in [0.4, 0.5) is 5.82 Å². The average molecular weight is 909 g/mol. The monoisotopic (exact) mass is 907 g/mol. The number of ether oxygens (including phenoxy) is 6. The number of nitrogens with zero attached hydrogens (tertiary/aromatic N) is 4. The molecule has 3 aromatic heterocycles. The molecule has 1 aromatic carbocycles. The number of hydrogen-bond acceptors (Lipinski definition) is 20. The molecule has 0 bridgehead atoms. The van der Waals surface area contributed by atoms with Crippen molar-refractivity contribution in [3.05, 3.63) is 51.3 Å². The molecule has 0 amide bonds. The molecule has 4 aromatic rings. The van der Waals surface area contributed by atoms with Gasteiger partial charge in [-0.2, -0.15) is 0 Å². The van der Waals surface area contributed by atoms with Crippen LogP contribution in [0.2, 0.25) is 0 Å². The molecule has 316 valence electrons. The van der Waals surface area contributed by atoms with Crippen LogP contribution in [-0.4, -0.2) is 111 Å². The van der Waals surface area contributed by atoms with E-state index in [0.29, 0.717) is 26.6 Å². The zero-order valence-electron chi connectivity index (χ0n) is 31.9. The SMILES string of the molecule is CC(=O)C[C@H]1[C@@H](OC(C)=O)[C@@H](COC(C)=O)O[C@@H](Oc2cc3oc(=O)cc(CCP4(=O)OCC5OC(n6cnc7c(N)ncnc76)C(O)[C@@H]5O4)c3cc2Br)[C@@H]1OC(C)=O. The van der Waals surface area contributed by atoms with E-state index in [9.17, 15) is 33.6 Å². The maximum atomic E-state index is 14.0. The molecule has 0 radical (unpaired) electrons. The first-order valence-corrected chi connectivity index (χ1v) is 20.8. The predicted molar refractivity (Wildman–Crippen MR) is 203 cm³/mol. The van der Waals surface area contributed by atoms with Gasteiger partial charge in [0.15, 0.2) is 23.8 Å². The van der Waals surface area contributed by atoms with Crippen molar-refractivity contribution in [3.63, 3.8) is 0 Å². The van der Waals surface area contributed by atoms with Crippen LogP contribution < -0.4 is 16.1 Å². The van der Waals surface area contributed by atoms with Gasteiger partial charge in [0, 0.05) is 50.6 Å². The maximum Gasteiger partial charge on any atom is 0.336 e. The van der Waals surface area contributed by atoms with Crippen molar-refractivity contribution in [2.75, 3.05) is 25.1 Å². The third kappa shape index (κ3) is 9.03. The van der Waals surface area contributed by atoms with E-state index in [0.717, 1.165) is 13.8 Å². The van der Waals surface area contributed by atoms with Crippen LogP contribution in [0.15, 0.2) is 44.5 Å². The summed E-state index contributed by atoms with van der Waals surface area (Å²) in [7, 11) is -3.88. The van der Waals surface area contributed by atoms with E-state index in [-0.39, 0.29) is 48.5 Å². The summed E-state index contributed by atoms with van der Waals surface area (Å²) in [5, 5.41) is 11.7. The summed E-state index contributed by atoms with van der Waals surface area (Å²) >= 11 is 3.48. The van der Waals surface area contributed by atoms with E-state index in [1.807, 2.05) is 0 Å². The van der Waals surface area contributed by atoms with E-state index in [4.69, 9.17) is 47.6 Å². The largest absolute Gasteiger partial charge is 0.463 e. The molecule has 23 heteroatoms. The van der Waals surface area contributed by atoms with E-state index in [2.05, 4.69) is 30.9 Å². The number of benzene rings is 1. The summed E-state index contributed by atoms with van der Waals surface area (Å²) < 4.78 is 67.6. The smallest absolute Gasteiger partial charge is 0.336 e. The fourth-order valence-electron chi connectivity index (χ4n) is 7.37. The molecule has 0 aliphatic carbocycles. The molecule has 6 heterocycles. The van der Waals surface area contributed by atoms with Crippen molar-refractivity contribution in [1.29, 1.82) is 0 Å². The first-order valence-electron chi connectivity index (χ1n) is 18.2. The Kier molecular flexibility index (Phi) is 12.2. The molecular formula is C36H39BrN5O16P. The van der Waals surface area contributed by atoms with Gasteiger partial charge in [0.1, 0.15) is 66.1 Å². The molecule has 0 spiro atoms. The summed E-state index contributed by atoms with van der Waals surface area (Å²) in [4.78, 5) is 73.9. The number of nitrogen functional groups attached to an aromatic ring is 1. The fourth-order valence-corrected chi connectivity index (χ4v) is 9.62. The molecule has 0 saturated carbocycles. The number of anilines is 1. The zero-order valence-corrected chi connectivity index (χ0v) is 34.4. The predicted octanol–water partition coefficient (Wildman–Crippen LogP) is 2.51. The Morgan fingerprint density at radius 3 is 2.47 bits per heavy atom. The van der Waals surface area contributed by atoms with Crippen molar-refractivity contribution in [2.24, 2.45) is 5.92 Å². The molecule has 3 aliphatic rings. The number of esters is 3. The minimum atomic E-state index is -3.88. The molecule has 3 N–H and O–H groups in total. The Morgan fingerprint density at radius 1 is 1.02 bits per heavy atom. The highest BCUT2D eigenvalue weighted by Crippen LogP contribution is 2.56. The maximum absolute atomic E-state index is 14.0. The number of aliphatic hydroxyl groups is 1. The fraction of sp³-hybridized carbons (Fsp3) is 0.500. The van der Waals surface area contributed by atoms with Gasteiger partial charge in [0.25, 0.3) is 0 Å². The Balaban J connectivity index is 1.11. The lowest BCUT2D eigenvalue weighted by atomic mass is 9.84. The molecule has 3 saturated heterocycles. The van der Waals surface area contributed by atoms with Gasteiger partial charge in [-0.25, -0.2) is 19.7 Å². The van der Waals surface area contributed by atoms with Crippen LogP contribution in [0.25, 0.3) is 22.1 Å². The van der Waals surface area contributed by atoms with Gasteiger partial charge in [0.2, 0.25) is 6.29 Å². The number of nitrogens with two attached hydrogens (primary N) is 1. The van der Waals surface area contributed by atoms with Crippen LogP contribution in [0, 0.1) is 5.92 Å². The number of fused-ring (bicyclic) bond motifs is 3. The van der Waals surface area contributed by atoms with Gasteiger partial charge in [-0.05, 0) is 40.9 Å². The number of ketones is 1. The molecular weight excluding hydrogens is 869 g/mol. The summed E-state index contributed by atoms with van der Waals surface area (Å²) in [6.45, 7) is 4.22. The lowest BCUT2D eigenvalue weighted by Gasteiger charge is -2.44. The summed E-state index contributed by atoms with van der Waals surface area (Å²) in [6.07, 6.45) is -6.97. The second-order valence-corrected chi connectivity index (χ2v) is 17.1. The van der Waals surface area contributed by atoms with E-state index in [1.165, 1.54) is 43.2 Å². The molecule has 21 nitrogen and oxygen atoms in total. The first-order chi connectivity index (χ1) is 28.0. The number of rotatable bonds is 12. The molecule has 4 unspecified atom stereocenters. The third-order valence-electron chi connectivity index (χ3n) is 9.83. The number of carbonyl (C=O) groups is 4. The van der Waals surface area contributed by atoms with Crippen LogP contribution >= 0.6 is 23.5 Å². The lowest BCUT2D eigenvalue weighted by Crippen LogP contribution is -2.60. The van der Waals surface area contributed by atoms with Crippen molar-refractivity contribution in [1.82, 2.24) is 19.5 Å². The molecule has 59 heavy (non-hydrogen) atoms. The van der Waals surface area contributed by atoms with E-state index in [1.54, 1.807) is 6.07 Å². The summed E-state index contributed by atoms with van der Waals surface area (Å²) in [6, 6.07) is 4.19. The van der Waals surface area contributed by atoms with Gasteiger partial charge < -0.3 is 53.0 Å². The van der Waals surface area contributed by atoms with E-state index < -0.39 is 92.8 Å². The number of aliphatic hydroxyl groups excluding tert-OH is 1. The normalized spacial score (nSPS) is 29.2. The van der Waals surface area contributed by atoms with Gasteiger partial charge >= 0.3 is 31.1 Å². The topological polar surface area (TPSA) is 279 Å². The second-order valence-electron chi connectivity index (χ2n) is 14.1. The number of carbonyl (C=O) groups excluding carboxylic acids is 4. The first kappa shape index (κ1) is 42.3. The van der Waals surface area contributed by atoms with Crippen molar-refractivity contribution in [2.45, 2.75) is 89.7 Å². The molecule has 10 atom stereocenters. The minimum absolute atomic E-state index is 0.00843. The van der Waals surface area contributed by atoms with Gasteiger partial charge in [0.05, 0.1) is 23.6 Å². The van der Waals surface area contributed by atoms with Crippen LogP contribution in [-0.2, 0) is 62.9 Å². The number of imidazole rings is 1. The molecule has 7 rings (SSSR count). The van der Waals surface area contributed by atoms with Crippen LogP contribution in [0.1, 0.15) is 45.9 Å². The number of Topliss-reactive ketones (excluding diaryl/α,β-unsaturated/α-hetero) is 1. The Hall–Kier alpha value is -4.83. The Bertz CT molecular complexity index is 2410. The average Bonchev–Trinajstić information content (AvgIpc) is 3.73. The quantitative estimate of drug-likeness (QED) is 0.0894. The van der Waals surface area contributed by atoms with E-state index >= 15 is 0 Å². The van der Waals surface area contributed by atoms with Crippen molar-refractivity contribution >= 4 is 75.2 Å². The highest BCUT2D eigenvalue weighted by Gasteiger charge is 2.53. The molecule has 3 fully saturated rings. The Morgan fingerprint density at radius 2 is 1.76 bits per heavy atom. The van der Waals surface area contributed by atoms with Crippen LogP contribution in [0.5, 0.6) is 5.75 Å². The summed E-state index contributed by atoms with van der Waals surface area (Å²) in [5.41, 5.74) is 6.26. The number of aromatic nitrogens is 4. The molecule has 3 aliphatic heterocycles. The van der Waals surface area contributed by atoms with Gasteiger partial charge in [-0.1, -0.05) is 0 Å². The highest BCUT2D eigenvalue weighted by molar-refractivity contribution is 9.10. The highest BCUT2D eigenvalue weighted by atomic mass is 79.9. The second kappa shape index (κ2) is 17.0. The minimum Gasteiger partial charge on any atom is -0.463 e. The van der Waals surface area contributed by atoms with Gasteiger partial charge in [-0.15, -0.1) is 0 Å². The Labute approximate surface area is 342 Å². The van der Waals surface area contributed by atoms with Crippen LogP contribution in [0.3, 0.4) is 0 Å². The third-order valence-corrected chi connectivity index (χ3v) is 12.3. The lowest BCUT2D eigenvalue weighted by molar-refractivity contribution is -0.273. The standard InChI is InChI=1S/C36H39BrN5O16P/c1-15(43)7-21-30(52-17(3)45)25(11-50-16(2)44)57-36(31(21)53-18(4)46)56-24-10-23-20(9-22(24)37)19(8-27(47)54-23)5-6-59(49)51-12-26-32(58-59)29(48)35(55-26)42-14-41-28-33(38)39-13-40-34(28)42/h8-10,13-14,21,25-26,29-32,35-36,48H,5-7,11-12H2,1-4H3,(H2,38,39,40)/t21-,25+,26?,29?,30+,31+,32+,35?,36+,59?/m0/s1.